The summed E-state index contributed by atoms with van der Waals surface area (Å²) < 4.78 is 10.9. The molecule has 24 heavy (non-hydrogen) atoms. The van der Waals surface area contributed by atoms with Crippen molar-refractivity contribution >= 4 is 23.9 Å². The standard InChI is InChI=1S/C18H21N3O2.ClH/c1-3-17-15(5-8-23-17)11-14(1)12-19-18-4-2-16(13-20-18)21-6-9-22-10-7-21;/h1-4,11,13H,5-10,12H2,(H,19,20);1H. The molecule has 5 nitrogen and oxygen atoms in total. The summed E-state index contributed by atoms with van der Waals surface area (Å²) in [5.41, 5.74) is 3.72. The number of nitrogens with one attached hydrogen (secondary N) is 1. The van der Waals surface area contributed by atoms with Crippen LogP contribution in [-0.4, -0.2) is 37.9 Å². The van der Waals surface area contributed by atoms with Gasteiger partial charge in [-0.25, -0.2) is 4.98 Å². The summed E-state index contributed by atoms with van der Waals surface area (Å²) in [5.74, 6) is 1.93. The lowest BCUT2D eigenvalue weighted by Gasteiger charge is -2.28. The van der Waals surface area contributed by atoms with Gasteiger partial charge in [-0.15, -0.1) is 12.4 Å². The van der Waals surface area contributed by atoms with Crippen LogP contribution in [0.25, 0.3) is 0 Å². The predicted octanol–water partition coefficient (Wildman–Crippen LogP) is 2.89. The van der Waals surface area contributed by atoms with E-state index < -0.39 is 0 Å². The highest BCUT2D eigenvalue weighted by Gasteiger charge is 2.13. The molecule has 2 aliphatic heterocycles. The minimum Gasteiger partial charge on any atom is -0.493 e. The summed E-state index contributed by atoms with van der Waals surface area (Å²) in [5, 5.41) is 3.39. The zero-order valence-corrected chi connectivity index (χ0v) is 14.3. The first-order valence-corrected chi connectivity index (χ1v) is 8.16. The number of hydrogen-bond acceptors (Lipinski definition) is 5. The van der Waals surface area contributed by atoms with Gasteiger partial charge in [0.1, 0.15) is 11.6 Å². The number of hydrogen-bond donors (Lipinski definition) is 1. The first-order valence-electron chi connectivity index (χ1n) is 8.16. The molecule has 0 bridgehead atoms. The fourth-order valence-electron chi connectivity index (χ4n) is 3.04. The number of anilines is 2. The second-order valence-corrected chi connectivity index (χ2v) is 5.90. The number of morpholine rings is 1. The summed E-state index contributed by atoms with van der Waals surface area (Å²) in [6.45, 7) is 5.04. The van der Waals surface area contributed by atoms with Crippen LogP contribution in [0.5, 0.6) is 5.75 Å². The van der Waals surface area contributed by atoms with Crippen molar-refractivity contribution in [2.45, 2.75) is 13.0 Å². The number of pyridine rings is 1. The number of ether oxygens (including phenoxy) is 2. The molecular formula is C18H22ClN3O2. The highest BCUT2D eigenvalue weighted by Crippen LogP contribution is 2.26. The number of fused-ring (bicyclic) bond motifs is 1. The third kappa shape index (κ3) is 3.74. The Hall–Kier alpha value is -1.98. The maximum atomic E-state index is 5.54. The topological polar surface area (TPSA) is 46.6 Å². The number of halogens is 1. The van der Waals surface area contributed by atoms with Crippen LogP contribution < -0.4 is 15.0 Å². The molecule has 4 rings (SSSR count). The largest absolute Gasteiger partial charge is 0.493 e. The molecule has 0 spiro atoms. The van der Waals surface area contributed by atoms with Crippen molar-refractivity contribution in [3.05, 3.63) is 47.7 Å². The lowest BCUT2D eigenvalue weighted by Crippen LogP contribution is -2.36. The average molecular weight is 348 g/mol. The number of aromatic nitrogens is 1. The van der Waals surface area contributed by atoms with Gasteiger partial charge < -0.3 is 19.7 Å². The second kappa shape index (κ2) is 7.73. The Bertz CT molecular complexity index is 672. The number of nitrogens with zero attached hydrogens (tertiary/aromatic N) is 2. The summed E-state index contributed by atoms with van der Waals surface area (Å²) in [4.78, 5) is 6.83. The molecule has 128 valence electrons. The molecule has 0 aliphatic carbocycles. The molecule has 1 N–H and O–H groups in total. The van der Waals surface area contributed by atoms with Crippen molar-refractivity contribution in [1.29, 1.82) is 0 Å². The molecule has 6 heteroatoms. The van der Waals surface area contributed by atoms with Gasteiger partial charge in [0, 0.05) is 26.1 Å². The van der Waals surface area contributed by atoms with Gasteiger partial charge in [-0.1, -0.05) is 12.1 Å². The third-order valence-electron chi connectivity index (χ3n) is 4.35. The zero-order chi connectivity index (χ0) is 15.5. The second-order valence-electron chi connectivity index (χ2n) is 5.90. The van der Waals surface area contributed by atoms with Crippen LogP contribution in [0.4, 0.5) is 11.5 Å². The van der Waals surface area contributed by atoms with Gasteiger partial charge in [0.05, 0.1) is 31.7 Å². The summed E-state index contributed by atoms with van der Waals surface area (Å²) in [6.07, 6.45) is 2.94. The van der Waals surface area contributed by atoms with Crippen molar-refractivity contribution in [1.82, 2.24) is 4.98 Å². The SMILES string of the molecule is Cl.c1cc2c(cc1CNc1ccc(N3CCOCC3)cn1)CCO2. The summed E-state index contributed by atoms with van der Waals surface area (Å²) in [6, 6.07) is 10.6. The number of benzene rings is 1. The van der Waals surface area contributed by atoms with Gasteiger partial charge in [-0.05, 0) is 29.3 Å². The molecule has 0 amide bonds. The normalized spacial score (nSPS) is 16.1. The molecule has 2 aromatic rings. The highest BCUT2D eigenvalue weighted by molar-refractivity contribution is 5.85. The molecule has 0 saturated carbocycles. The van der Waals surface area contributed by atoms with Crippen molar-refractivity contribution in [3.8, 4) is 5.75 Å². The van der Waals surface area contributed by atoms with E-state index in [4.69, 9.17) is 9.47 Å². The maximum Gasteiger partial charge on any atom is 0.126 e. The van der Waals surface area contributed by atoms with Gasteiger partial charge in [-0.2, -0.15) is 0 Å². The molecule has 0 radical (unpaired) electrons. The van der Waals surface area contributed by atoms with E-state index >= 15 is 0 Å². The summed E-state index contributed by atoms with van der Waals surface area (Å²) in [7, 11) is 0. The van der Waals surface area contributed by atoms with Gasteiger partial charge in [0.15, 0.2) is 0 Å². The van der Waals surface area contributed by atoms with E-state index in [1.165, 1.54) is 11.1 Å². The van der Waals surface area contributed by atoms with Crippen molar-refractivity contribution in [2.75, 3.05) is 43.1 Å². The third-order valence-corrected chi connectivity index (χ3v) is 4.35. The molecule has 1 saturated heterocycles. The van der Waals surface area contributed by atoms with E-state index in [1.807, 2.05) is 12.3 Å². The van der Waals surface area contributed by atoms with E-state index in [9.17, 15) is 0 Å². The Morgan fingerprint density at radius 3 is 2.75 bits per heavy atom. The van der Waals surface area contributed by atoms with Crippen LogP contribution in [0.3, 0.4) is 0 Å². The van der Waals surface area contributed by atoms with Crippen LogP contribution in [0.15, 0.2) is 36.5 Å². The van der Waals surface area contributed by atoms with Gasteiger partial charge >= 0.3 is 0 Å². The minimum atomic E-state index is 0. The Kier molecular flexibility index (Phi) is 5.43. The molecule has 0 unspecified atom stereocenters. The van der Waals surface area contributed by atoms with Crippen LogP contribution in [-0.2, 0) is 17.7 Å². The van der Waals surface area contributed by atoms with Crippen LogP contribution in [0.2, 0.25) is 0 Å². The van der Waals surface area contributed by atoms with E-state index in [-0.39, 0.29) is 12.4 Å². The molecule has 1 aromatic carbocycles. The zero-order valence-electron chi connectivity index (χ0n) is 13.5. The van der Waals surface area contributed by atoms with Gasteiger partial charge in [0.2, 0.25) is 0 Å². The van der Waals surface area contributed by atoms with E-state index in [0.717, 1.165) is 63.1 Å². The fraction of sp³-hybridized carbons (Fsp3) is 0.389. The highest BCUT2D eigenvalue weighted by atomic mass is 35.5. The van der Waals surface area contributed by atoms with E-state index in [0.29, 0.717) is 0 Å². The fourth-order valence-corrected chi connectivity index (χ4v) is 3.04. The van der Waals surface area contributed by atoms with Gasteiger partial charge in [-0.3, -0.25) is 0 Å². The maximum absolute atomic E-state index is 5.54. The summed E-state index contributed by atoms with van der Waals surface area (Å²) >= 11 is 0. The van der Waals surface area contributed by atoms with Crippen molar-refractivity contribution in [3.63, 3.8) is 0 Å². The minimum absolute atomic E-state index is 0. The van der Waals surface area contributed by atoms with Crippen LogP contribution in [0, 0.1) is 0 Å². The molecule has 3 heterocycles. The van der Waals surface area contributed by atoms with E-state index in [2.05, 4.69) is 39.5 Å². The Morgan fingerprint density at radius 2 is 1.96 bits per heavy atom. The van der Waals surface area contributed by atoms with E-state index in [1.54, 1.807) is 0 Å². The quantitative estimate of drug-likeness (QED) is 0.921. The Balaban J connectivity index is 0.00000169. The first-order chi connectivity index (χ1) is 11.4. The van der Waals surface area contributed by atoms with Crippen molar-refractivity contribution in [2.24, 2.45) is 0 Å². The molecule has 2 aliphatic rings. The lowest BCUT2D eigenvalue weighted by atomic mass is 10.1. The predicted molar refractivity (Wildman–Crippen MR) is 97.5 cm³/mol. The molecule has 0 atom stereocenters. The Labute approximate surface area is 148 Å². The van der Waals surface area contributed by atoms with Crippen LogP contribution >= 0.6 is 12.4 Å². The van der Waals surface area contributed by atoms with Crippen molar-refractivity contribution < 1.29 is 9.47 Å². The average Bonchev–Trinajstić information content (AvgIpc) is 3.09. The molecule has 1 aromatic heterocycles. The number of rotatable bonds is 4. The van der Waals surface area contributed by atoms with Crippen LogP contribution in [0.1, 0.15) is 11.1 Å². The molecule has 1 fully saturated rings. The lowest BCUT2D eigenvalue weighted by molar-refractivity contribution is 0.122. The Morgan fingerprint density at radius 1 is 1.08 bits per heavy atom. The monoisotopic (exact) mass is 347 g/mol. The first kappa shape index (κ1) is 16.9. The van der Waals surface area contributed by atoms with Gasteiger partial charge in [0.25, 0.3) is 0 Å². The molecular weight excluding hydrogens is 326 g/mol. The smallest absolute Gasteiger partial charge is 0.126 e.